The predicted molar refractivity (Wildman–Crippen MR) is 85.2 cm³/mol. The molecule has 0 radical (unpaired) electrons. The lowest BCUT2D eigenvalue weighted by Gasteiger charge is -2.10. The van der Waals surface area contributed by atoms with Crippen molar-refractivity contribution >= 4 is 29.1 Å². The van der Waals surface area contributed by atoms with Gasteiger partial charge in [-0.05, 0) is 37.3 Å². The number of hydrogen-bond donors (Lipinski definition) is 1. The van der Waals surface area contributed by atoms with Gasteiger partial charge in [0.15, 0.2) is 0 Å². The van der Waals surface area contributed by atoms with Crippen LogP contribution in [-0.4, -0.2) is 12.5 Å². The zero-order valence-electron chi connectivity index (χ0n) is 11.5. The molecule has 0 saturated carbocycles. The average molecular weight is 324 g/mol. The summed E-state index contributed by atoms with van der Waals surface area (Å²) in [5.74, 6) is 0.466. The largest absolute Gasteiger partial charge is 0.489 e. The molecule has 1 N–H and O–H groups in total. The van der Waals surface area contributed by atoms with Crippen molar-refractivity contribution in [3.8, 4) is 5.75 Å². The number of carbonyl (C=O) groups excluding carboxylic acids is 1. The molecule has 0 heterocycles. The van der Waals surface area contributed by atoms with E-state index < -0.39 is 0 Å². The summed E-state index contributed by atoms with van der Waals surface area (Å²) in [4.78, 5) is 11.8. The summed E-state index contributed by atoms with van der Waals surface area (Å²) in [6.45, 7) is 2.70. The van der Waals surface area contributed by atoms with Gasteiger partial charge in [0.05, 0.1) is 0 Å². The van der Waals surface area contributed by atoms with Gasteiger partial charge in [0.1, 0.15) is 12.4 Å². The number of amides is 1. The van der Waals surface area contributed by atoms with E-state index in [0.717, 1.165) is 5.56 Å². The standard InChI is InChI=1S/C16H15Cl2NO2/c1-2-19-16(20)11-5-3-6-12(9-11)21-10-13-14(17)7-4-8-15(13)18/h3-9H,2,10H2,1H3,(H,19,20). The van der Waals surface area contributed by atoms with Crippen LogP contribution in [0.25, 0.3) is 0 Å². The van der Waals surface area contributed by atoms with Crippen molar-refractivity contribution in [3.05, 3.63) is 63.6 Å². The van der Waals surface area contributed by atoms with Crippen LogP contribution in [-0.2, 0) is 6.61 Å². The fourth-order valence-corrected chi connectivity index (χ4v) is 2.32. The maximum Gasteiger partial charge on any atom is 0.251 e. The Morgan fingerprint density at radius 2 is 1.81 bits per heavy atom. The Hall–Kier alpha value is -1.71. The van der Waals surface area contributed by atoms with Gasteiger partial charge in [0.25, 0.3) is 5.91 Å². The lowest BCUT2D eigenvalue weighted by atomic mass is 10.2. The van der Waals surface area contributed by atoms with Crippen molar-refractivity contribution in [3.63, 3.8) is 0 Å². The number of halogens is 2. The van der Waals surface area contributed by atoms with Crippen molar-refractivity contribution in [2.75, 3.05) is 6.54 Å². The minimum absolute atomic E-state index is 0.126. The highest BCUT2D eigenvalue weighted by Crippen LogP contribution is 2.26. The molecule has 0 aromatic heterocycles. The van der Waals surface area contributed by atoms with E-state index in [1.54, 1.807) is 42.5 Å². The van der Waals surface area contributed by atoms with Crippen molar-refractivity contribution in [2.24, 2.45) is 0 Å². The number of ether oxygens (including phenoxy) is 1. The third-order valence-corrected chi connectivity index (χ3v) is 3.59. The number of nitrogens with one attached hydrogen (secondary N) is 1. The Labute approximate surface area is 133 Å². The van der Waals surface area contributed by atoms with Crippen LogP contribution < -0.4 is 10.1 Å². The maximum absolute atomic E-state index is 11.8. The SMILES string of the molecule is CCNC(=O)c1cccc(OCc2c(Cl)cccc2Cl)c1. The lowest BCUT2D eigenvalue weighted by Crippen LogP contribution is -2.22. The highest BCUT2D eigenvalue weighted by Gasteiger charge is 2.08. The fraction of sp³-hybridized carbons (Fsp3) is 0.188. The molecule has 2 rings (SSSR count). The molecule has 1 amide bonds. The van der Waals surface area contributed by atoms with Gasteiger partial charge in [-0.1, -0.05) is 35.3 Å². The molecule has 0 saturated heterocycles. The van der Waals surface area contributed by atoms with Gasteiger partial charge >= 0.3 is 0 Å². The quantitative estimate of drug-likeness (QED) is 0.889. The molecule has 2 aromatic carbocycles. The van der Waals surface area contributed by atoms with E-state index in [9.17, 15) is 4.79 Å². The third-order valence-electron chi connectivity index (χ3n) is 2.88. The van der Waals surface area contributed by atoms with E-state index in [-0.39, 0.29) is 12.5 Å². The van der Waals surface area contributed by atoms with E-state index in [4.69, 9.17) is 27.9 Å². The summed E-state index contributed by atoms with van der Waals surface area (Å²) in [6.07, 6.45) is 0. The molecule has 0 aliphatic heterocycles. The summed E-state index contributed by atoms with van der Waals surface area (Å²) in [5, 5.41) is 3.86. The highest BCUT2D eigenvalue weighted by atomic mass is 35.5. The van der Waals surface area contributed by atoms with Crippen LogP contribution in [0, 0.1) is 0 Å². The van der Waals surface area contributed by atoms with E-state index in [1.165, 1.54) is 0 Å². The molecular weight excluding hydrogens is 309 g/mol. The minimum atomic E-state index is -0.126. The van der Waals surface area contributed by atoms with Crippen LogP contribution in [0.15, 0.2) is 42.5 Å². The van der Waals surface area contributed by atoms with Gasteiger partial charge < -0.3 is 10.1 Å². The first-order valence-electron chi connectivity index (χ1n) is 6.55. The lowest BCUT2D eigenvalue weighted by molar-refractivity contribution is 0.0955. The summed E-state index contributed by atoms with van der Waals surface area (Å²) in [5.41, 5.74) is 1.28. The topological polar surface area (TPSA) is 38.3 Å². The van der Waals surface area contributed by atoms with Gasteiger partial charge in [-0.15, -0.1) is 0 Å². The molecule has 5 heteroatoms. The van der Waals surface area contributed by atoms with E-state index in [1.807, 2.05) is 6.92 Å². The Morgan fingerprint density at radius 1 is 1.14 bits per heavy atom. The number of hydrogen-bond acceptors (Lipinski definition) is 2. The summed E-state index contributed by atoms with van der Waals surface area (Å²) in [7, 11) is 0. The highest BCUT2D eigenvalue weighted by molar-refractivity contribution is 6.35. The van der Waals surface area contributed by atoms with Gasteiger partial charge in [0.2, 0.25) is 0 Å². The minimum Gasteiger partial charge on any atom is -0.489 e. The molecule has 0 atom stereocenters. The first-order valence-corrected chi connectivity index (χ1v) is 7.31. The first-order chi connectivity index (χ1) is 10.1. The normalized spacial score (nSPS) is 10.2. The Balaban J connectivity index is 2.10. The third kappa shape index (κ3) is 4.13. The Bertz CT molecular complexity index is 624. The molecule has 0 fully saturated rings. The summed E-state index contributed by atoms with van der Waals surface area (Å²) < 4.78 is 5.67. The summed E-state index contributed by atoms with van der Waals surface area (Å²) >= 11 is 12.2. The van der Waals surface area contributed by atoms with Crippen molar-refractivity contribution < 1.29 is 9.53 Å². The number of carbonyl (C=O) groups is 1. The van der Waals surface area contributed by atoms with E-state index in [2.05, 4.69) is 5.32 Å². The molecule has 110 valence electrons. The second kappa shape index (κ2) is 7.34. The fourth-order valence-electron chi connectivity index (χ4n) is 1.82. The zero-order chi connectivity index (χ0) is 15.2. The van der Waals surface area contributed by atoms with Crippen molar-refractivity contribution in [2.45, 2.75) is 13.5 Å². The monoisotopic (exact) mass is 323 g/mol. The molecular formula is C16H15Cl2NO2. The molecule has 21 heavy (non-hydrogen) atoms. The van der Waals surface area contributed by atoms with Gasteiger partial charge in [-0.25, -0.2) is 0 Å². The summed E-state index contributed by atoms with van der Waals surface area (Å²) in [6, 6.07) is 12.3. The van der Waals surface area contributed by atoms with Gasteiger partial charge in [-0.3, -0.25) is 4.79 Å². The first kappa shape index (κ1) is 15.7. The smallest absolute Gasteiger partial charge is 0.251 e. The zero-order valence-corrected chi connectivity index (χ0v) is 13.0. The van der Waals surface area contributed by atoms with Crippen molar-refractivity contribution in [1.29, 1.82) is 0 Å². The Kier molecular flexibility index (Phi) is 5.48. The number of benzene rings is 2. The van der Waals surface area contributed by atoms with Crippen LogP contribution in [0.1, 0.15) is 22.8 Å². The van der Waals surface area contributed by atoms with Crippen LogP contribution in [0.3, 0.4) is 0 Å². The average Bonchev–Trinajstić information content (AvgIpc) is 2.47. The second-order valence-corrected chi connectivity index (χ2v) is 5.19. The second-order valence-electron chi connectivity index (χ2n) is 4.38. The molecule has 0 unspecified atom stereocenters. The van der Waals surface area contributed by atoms with Crippen LogP contribution in [0.5, 0.6) is 5.75 Å². The van der Waals surface area contributed by atoms with Crippen LogP contribution >= 0.6 is 23.2 Å². The Morgan fingerprint density at radius 3 is 2.48 bits per heavy atom. The van der Waals surface area contributed by atoms with E-state index >= 15 is 0 Å². The van der Waals surface area contributed by atoms with E-state index in [0.29, 0.717) is 27.9 Å². The van der Waals surface area contributed by atoms with Crippen LogP contribution in [0.2, 0.25) is 10.0 Å². The van der Waals surface area contributed by atoms with Gasteiger partial charge in [0, 0.05) is 27.7 Å². The molecule has 0 bridgehead atoms. The predicted octanol–water partition coefficient (Wildman–Crippen LogP) is 4.32. The molecule has 0 aliphatic carbocycles. The molecule has 0 aliphatic rings. The maximum atomic E-state index is 11.8. The molecule has 2 aromatic rings. The number of rotatable bonds is 5. The van der Waals surface area contributed by atoms with Crippen LogP contribution in [0.4, 0.5) is 0 Å². The van der Waals surface area contributed by atoms with Gasteiger partial charge in [-0.2, -0.15) is 0 Å². The van der Waals surface area contributed by atoms with Crippen molar-refractivity contribution in [1.82, 2.24) is 5.32 Å². The molecule has 3 nitrogen and oxygen atoms in total. The molecule has 0 spiro atoms.